The van der Waals surface area contributed by atoms with Crippen LogP contribution < -0.4 is 24.4 Å². The molecule has 1 unspecified atom stereocenters. The fraction of sp³-hybridized carbons (Fsp3) is 0.342. The Kier molecular flexibility index (Phi) is 11.9. The largest absolute Gasteiger partial charge is 0.497 e. The molecule has 4 aromatic rings. The van der Waals surface area contributed by atoms with Crippen molar-refractivity contribution in [1.29, 1.82) is 0 Å². The summed E-state index contributed by atoms with van der Waals surface area (Å²) in [4.78, 5) is 26.2. The Morgan fingerprint density at radius 1 is 1.04 bits per heavy atom. The number of piperidine rings is 1. The third-order valence-corrected chi connectivity index (χ3v) is 8.56. The van der Waals surface area contributed by atoms with Crippen molar-refractivity contribution in [3.05, 3.63) is 108 Å². The monoisotopic (exact) mass is 651 g/mol. The molecule has 0 saturated carbocycles. The first-order valence-electron chi connectivity index (χ1n) is 16.4. The summed E-state index contributed by atoms with van der Waals surface area (Å²) in [6, 6.07) is 19.6. The van der Waals surface area contributed by atoms with Gasteiger partial charge in [-0.05, 0) is 98.8 Å². The van der Waals surface area contributed by atoms with Gasteiger partial charge in [-0.15, -0.1) is 6.58 Å². The van der Waals surface area contributed by atoms with E-state index in [1.54, 1.807) is 38.6 Å². The topological polar surface area (TPSA) is 109 Å². The van der Waals surface area contributed by atoms with Crippen molar-refractivity contribution in [1.82, 2.24) is 14.9 Å². The minimum atomic E-state index is -1.19. The molecule has 252 valence electrons. The van der Waals surface area contributed by atoms with Crippen LogP contribution in [0.2, 0.25) is 0 Å². The van der Waals surface area contributed by atoms with Gasteiger partial charge in [0, 0.05) is 30.1 Å². The number of carboxylic acid groups (broad SMARTS) is 1. The van der Waals surface area contributed by atoms with Gasteiger partial charge in [0.25, 0.3) is 0 Å². The van der Waals surface area contributed by atoms with E-state index in [1.807, 2.05) is 61.5 Å². The van der Waals surface area contributed by atoms with Gasteiger partial charge in [0.1, 0.15) is 23.1 Å². The number of rotatable bonds is 15. The lowest BCUT2D eigenvalue weighted by molar-refractivity contribution is 0.199. The molecule has 2 heterocycles. The van der Waals surface area contributed by atoms with Crippen molar-refractivity contribution < 1.29 is 24.1 Å². The molecule has 1 aromatic heterocycles. The highest BCUT2D eigenvalue weighted by molar-refractivity contribution is 5.87. The van der Waals surface area contributed by atoms with Crippen LogP contribution in [0.1, 0.15) is 54.0 Å². The van der Waals surface area contributed by atoms with Crippen LogP contribution in [0.3, 0.4) is 0 Å². The van der Waals surface area contributed by atoms with Crippen LogP contribution in [-0.4, -0.2) is 66.5 Å². The van der Waals surface area contributed by atoms with Crippen molar-refractivity contribution >= 4 is 23.5 Å². The van der Waals surface area contributed by atoms with E-state index in [-0.39, 0.29) is 11.8 Å². The molecule has 10 heteroatoms. The molecule has 1 aliphatic rings. The molecule has 3 aromatic carbocycles. The number of nitrogens with one attached hydrogen (secondary N) is 1. The SMILES string of the molecule is C=CCc1cccc(C)c1C(c1cc(OC)ccc1OC)N(C(=O)O)c1ccnc(Nc2cccc(OCCCN3CCCCC3)c2)n1. The standard InChI is InChI=1S/C38H45N5O5/c1-5-12-28-14-9-13-27(2)35(28)36(32-26-30(46-3)17-18-33(32)47-4)43(38(44)45)34-19-20-39-37(41-34)40-29-15-10-16-31(25-29)48-24-11-23-42-21-7-6-8-22-42/h5,9-10,13-20,25-26,36H,1,6-8,11-12,21-24H2,2-4H3,(H,44,45)(H,39,40,41). The Hall–Kier alpha value is -5.09. The zero-order valence-electron chi connectivity index (χ0n) is 28.0. The minimum Gasteiger partial charge on any atom is -0.497 e. The number of aryl methyl sites for hydroxylation is 1. The van der Waals surface area contributed by atoms with Gasteiger partial charge >= 0.3 is 6.09 Å². The number of likely N-dealkylation sites (tertiary alicyclic amines) is 1. The van der Waals surface area contributed by atoms with Crippen molar-refractivity contribution in [2.75, 3.05) is 50.7 Å². The predicted octanol–water partition coefficient (Wildman–Crippen LogP) is 7.80. The van der Waals surface area contributed by atoms with Gasteiger partial charge in [0.05, 0.1) is 26.9 Å². The maximum Gasteiger partial charge on any atom is 0.413 e. The molecule has 1 atom stereocenters. The van der Waals surface area contributed by atoms with Crippen LogP contribution >= 0.6 is 0 Å². The average molecular weight is 652 g/mol. The van der Waals surface area contributed by atoms with Crippen LogP contribution in [0.4, 0.5) is 22.2 Å². The van der Waals surface area contributed by atoms with Gasteiger partial charge in [-0.1, -0.05) is 36.8 Å². The first kappa shape index (κ1) is 34.3. The summed E-state index contributed by atoms with van der Waals surface area (Å²) in [6.45, 7) is 9.92. The second kappa shape index (κ2) is 16.6. The zero-order valence-corrected chi connectivity index (χ0v) is 28.0. The fourth-order valence-corrected chi connectivity index (χ4v) is 6.28. The number of ether oxygens (including phenoxy) is 3. The molecule has 0 aliphatic carbocycles. The van der Waals surface area contributed by atoms with E-state index in [2.05, 4.69) is 21.8 Å². The van der Waals surface area contributed by atoms with Gasteiger partial charge in [-0.25, -0.2) is 14.7 Å². The maximum atomic E-state index is 13.3. The van der Waals surface area contributed by atoms with Gasteiger partial charge in [-0.3, -0.25) is 0 Å². The molecule has 10 nitrogen and oxygen atoms in total. The van der Waals surface area contributed by atoms with Crippen molar-refractivity contribution in [2.24, 2.45) is 0 Å². The normalized spacial score (nSPS) is 13.7. The number of nitrogens with zero attached hydrogens (tertiary/aromatic N) is 4. The molecule has 0 radical (unpaired) electrons. The number of amides is 1. The Balaban J connectivity index is 1.45. The Labute approximate surface area is 283 Å². The molecular formula is C38H45N5O5. The number of benzene rings is 3. The summed E-state index contributed by atoms with van der Waals surface area (Å²) < 4.78 is 17.4. The maximum absolute atomic E-state index is 13.3. The van der Waals surface area contributed by atoms with E-state index in [0.29, 0.717) is 30.1 Å². The first-order valence-corrected chi connectivity index (χ1v) is 16.4. The van der Waals surface area contributed by atoms with Crippen LogP contribution in [0, 0.1) is 6.92 Å². The number of hydrogen-bond acceptors (Lipinski definition) is 8. The highest BCUT2D eigenvalue weighted by Gasteiger charge is 2.34. The number of hydrogen-bond donors (Lipinski definition) is 2. The molecule has 0 spiro atoms. The van der Waals surface area contributed by atoms with Crippen LogP contribution in [-0.2, 0) is 6.42 Å². The molecule has 48 heavy (non-hydrogen) atoms. The summed E-state index contributed by atoms with van der Waals surface area (Å²) in [5.74, 6) is 2.25. The molecule has 0 bridgehead atoms. The van der Waals surface area contributed by atoms with Gasteiger partial charge < -0.3 is 29.5 Å². The molecule has 1 aliphatic heterocycles. The third kappa shape index (κ3) is 8.43. The van der Waals surface area contributed by atoms with Crippen molar-refractivity contribution in [2.45, 2.75) is 45.1 Å². The summed E-state index contributed by atoms with van der Waals surface area (Å²) in [5, 5.41) is 14.1. The van der Waals surface area contributed by atoms with Crippen molar-refractivity contribution in [3.63, 3.8) is 0 Å². The van der Waals surface area contributed by atoms with E-state index in [0.717, 1.165) is 41.1 Å². The number of allylic oxidation sites excluding steroid dienone is 1. The second-order valence-corrected chi connectivity index (χ2v) is 11.8. The number of anilines is 3. The number of methoxy groups -OCH3 is 2. The number of aromatic nitrogens is 2. The Bertz CT molecular complexity index is 1690. The molecule has 2 N–H and O–H groups in total. The molecule has 5 rings (SSSR count). The first-order chi connectivity index (χ1) is 23.4. The van der Waals surface area contributed by atoms with Crippen LogP contribution in [0.25, 0.3) is 0 Å². The highest BCUT2D eigenvalue weighted by atomic mass is 16.5. The lowest BCUT2D eigenvalue weighted by Crippen LogP contribution is -2.36. The number of carbonyl (C=O) groups is 1. The highest BCUT2D eigenvalue weighted by Crippen LogP contribution is 2.42. The Morgan fingerprint density at radius 2 is 1.85 bits per heavy atom. The van der Waals surface area contributed by atoms with Gasteiger partial charge in [0.15, 0.2) is 0 Å². The predicted molar refractivity (Wildman–Crippen MR) is 189 cm³/mol. The lowest BCUT2D eigenvalue weighted by Gasteiger charge is -2.33. The van der Waals surface area contributed by atoms with E-state index >= 15 is 0 Å². The quantitative estimate of drug-likeness (QED) is 0.0983. The van der Waals surface area contributed by atoms with Crippen LogP contribution in [0.5, 0.6) is 17.2 Å². The van der Waals surface area contributed by atoms with E-state index in [9.17, 15) is 9.90 Å². The van der Waals surface area contributed by atoms with E-state index in [1.165, 1.54) is 37.3 Å². The van der Waals surface area contributed by atoms with Gasteiger partial charge in [-0.2, -0.15) is 4.98 Å². The van der Waals surface area contributed by atoms with E-state index in [4.69, 9.17) is 19.2 Å². The third-order valence-electron chi connectivity index (χ3n) is 8.56. The summed E-state index contributed by atoms with van der Waals surface area (Å²) in [7, 11) is 3.14. The molecular weight excluding hydrogens is 606 g/mol. The molecule has 1 amide bonds. The summed E-state index contributed by atoms with van der Waals surface area (Å²) in [5.41, 5.74) is 3.99. The zero-order chi connectivity index (χ0) is 33.9. The van der Waals surface area contributed by atoms with E-state index < -0.39 is 12.1 Å². The van der Waals surface area contributed by atoms with Crippen LogP contribution in [0.15, 0.2) is 85.6 Å². The minimum absolute atomic E-state index is 0.188. The summed E-state index contributed by atoms with van der Waals surface area (Å²) >= 11 is 0. The average Bonchev–Trinajstić information content (AvgIpc) is 3.10. The fourth-order valence-electron chi connectivity index (χ4n) is 6.28. The van der Waals surface area contributed by atoms with Gasteiger partial charge in [0.2, 0.25) is 5.95 Å². The van der Waals surface area contributed by atoms with Crippen molar-refractivity contribution in [3.8, 4) is 17.2 Å². The second-order valence-electron chi connectivity index (χ2n) is 11.8. The summed E-state index contributed by atoms with van der Waals surface area (Å²) in [6.07, 6.45) is 7.55. The Morgan fingerprint density at radius 3 is 2.60 bits per heavy atom. The lowest BCUT2D eigenvalue weighted by atomic mass is 9.88. The smallest absolute Gasteiger partial charge is 0.413 e. The molecule has 1 saturated heterocycles. The molecule has 1 fully saturated rings.